The van der Waals surface area contributed by atoms with E-state index in [4.69, 9.17) is 9.47 Å². The fourth-order valence-electron chi connectivity index (χ4n) is 3.58. The summed E-state index contributed by atoms with van der Waals surface area (Å²) in [5.74, 6) is 0.339. The zero-order chi connectivity index (χ0) is 17.4. The van der Waals surface area contributed by atoms with Crippen molar-refractivity contribution in [2.75, 3.05) is 38.6 Å². The number of hydrogen-bond donors (Lipinski definition) is 0. The Morgan fingerprint density at radius 3 is 2.60 bits per heavy atom. The van der Waals surface area contributed by atoms with Gasteiger partial charge in [0, 0.05) is 31.8 Å². The third-order valence-corrected chi connectivity index (χ3v) is 6.10. The van der Waals surface area contributed by atoms with Crippen LogP contribution in [0.5, 0.6) is 0 Å². The number of hydrogen-bond acceptors (Lipinski definition) is 6. The smallest absolute Gasteiger partial charge is 0.257 e. The van der Waals surface area contributed by atoms with Crippen molar-refractivity contribution in [3.05, 3.63) is 23.9 Å². The zero-order valence-electron chi connectivity index (χ0n) is 13.8. The molecule has 25 heavy (non-hydrogen) atoms. The van der Waals surface area contributed by atoms with E-state index < -0.39 is 10.0 Å². The van der Waals surface area contributed by atoms with Crippen LogP contribution in [0.4, 0.5) is 0 Å². The second-order valence-corrected chi connectivity index (χ2v) is 8.31. The van der Waals surface area contributed by atoms with Crippen molar-refractivity contribution in [3.8, 4) is 0 Å². The molecule has 136 valence electrons. The van der Waals surface area contributed by atoms with Gasteiger partial charge in [0.1, 0.15) is 0 Å². The molecule has 0 aromatic rings. The van der Waals surface area contributed by atoms with E-state index in [0.29, 0.717) is 44.3 Å². The molecule has 0 N–H and O–H groups in total. The average molecular weight is 367 g/mol. The van der Waals surface area contributed by atoms with Crippen LogP contribution in [0.25, 0.3) is 0 Å². The summed E-state index contributed by atoms with van der Waals surface area (Å²) in [7, 11) is -3.50. The predicted molar refractivity (Wildman–Crippen MR) is 90.1 cm³/mol. The Labute approximate surface area is 146 Å². The summed E-state index contributed by atoms with van der Waals surface area (Å²) in [6.45, 7) is 2.79. The standard InChI is InChI=1S/C16H21N3O5S/c20-15(19-6-3-12(4-7-19)16-23-9-10-24-16)13-2-1-5-18-8-11-25(21,22)17-14(13)18/h1-2,5,12,16H,3-4,6-11H2. The molecule has 4 heterocycles. The molecule has 4 aliphatic heterocycles. The maximum atomic E-state index is 12.9. The van der Waals surface area contributed by atoms with Gasteiger partial charge in [0.2, 0.25) is 0 Å². The van der Waals surface area contributed by atoms with Gasteiger partial charge in [-0.3, -0.25) is 4.79 Å². The second-order valence-electron chi connectivity index (χ2n) is 6.56. The maximum absolute atomic E-state index is 12.9. The molecule has 0 aromatic carbocycles. The first-order valence-electron chi connectivity index (χ1n) is 8.54. The molecule has 2 saturated heterocycles. The van der Waals surface area contributed by atoms with Gasteiger partial charge in [-0.25, -0.2) is 8.42 Å². The first kappa shape index (κ1) is 16.7. The van der Waals surface area contributed by atoms with E-state index in [2.05, 4.69) is 4.40 Å². The lowest BCUT2D eigenvalue weighted by Gasteiger charge is -2.36. The topological polar surface area (TPSA) is 88.5 Å². The van der Waals surface area contributed by atoms with Crippen molar-refractivity contribution in [1.29, 1.82) is 0 Å². The molecule has 0 bridgehead atoms. The number of carbonyl (C=O) groups excluding carboxylic acids is 1. The second kappa shape index (κ2) is 6.54. The summed E-state index contributed by atoms with van der Waals surface area (Å²) in [6, 6.07) is 0. The van der Waals surface area contributed by atoms with Gasteiger partial charge in [-0.15, -0.1) is 4.40 Å². The lowest BCUT2D eigenvalue weighted by Crippen LogP contribution is -2.46. The SMILES string of the molecule is O=C(C1=CC=CN2CCS(=O)(=O)N=C12)N1CCC(C2OCCO2)CC1. The highest BCUT2D eigenvalue weighted by atomic mass is 32.2. The van der Waals surface area contributed by atoms with Crippen molar-refractivity contribution in [2.45, 2.75) is 19.1 Å². The highest BCUT2D eigenvalue weighted by Gasteiger charge is 2.35. The zero-order valence-corrected chi connectivity index (χ0v) is 14.7. The number of carbonyl (C=O) groups is 1. The molecule has 0 aliphatic carbocycles. The summed E-state index contributed by atoms with van der Waals surface area (Å²) in [5, 5.41) is 0. The summed E-state index contributed by atoms with van der Waals surface area (Å²) in [5.41, 5.74) is 0.345. The van der Waals surface area contributed by atoms with Gasteiger partial charge in [-0.05, 0) is 25.0 Å². The van der Waals surface area contributed by atoms with Crippen molar-refractivity contribution < 1.29 is 22.7 Å². The fourth-order valence-corrected chi connectivity index (χ4v) is 4.56. The minimum atomic E-state index is -3.50. The average Bonchev–Trinajstić information content (AvgIpc) is 3.15. The highest BCUT2D eigenvalue weighted by Crippen LogP contribution is 2.27. The molecule has 0 radical (unpaired) electrons. The number of fused-ring (bicyclic) bond motifs is 1. The lowest BCUT2D eigenvalue weighted by molar-refractivity contribution is -0.132. The number of amidine groups is 1. The van der Waals surface area contributed by atoms with Crippen LogP contribution >= 0.6 is 0 Å². The Hall–Kier alpha value is -1.71. The Bertz CT molecular complexity index is 744. The van der Waals surface area contributed by atoms with E-state index in [-0.39, 0.29) is 23.8 Å². The van der Waals surface area contributed by atoms with E-state index >= 15 is 0 Å². The minimum Gasteiger partial charge on any atom is -0.350 e. The molecule has 4 rings (SSSR count). The Morgan fingerprint density at radius 2 is 1.88 bits per heavy atom. The number of rotatable bonds is 2. The summed E-state index contributed by atoms with van der Waals surface area (Å²) >= 11 is 0. The minimum absolute atomic E-state index is 0.0326. The van der Waals surface area contributed by atoms with E-state index in [1.54, 1.807) is 28.2 Å². The Balaban J connectivity index is 1.46. The Kier molecular flexibility index (Phi) is 4.38. The number of nitrogens with zero attached hydrogens (tertiary/aromatic N) is 3. The largest absolute Gasteiger partial charge is 0.350 e. The Morgan fingerprint density at radius 1 is 1.16 bits per heavy atom. The molecule has 1 amide bonds. The van der Waals surface area contributed by atoms with Crippen LogP contribution < -0.4 is 0 Å². The fraction of sp³-hybridized carbons (Fsp3) is 0.625. The number of ether oxygens (including phenoxy) is 2. The molecule has 9 heteroatoms. The van der Waals surface area contributed by atoms with Crippen LogP contribution in [0.15, 0.2) is 28.3 Å². The van der Waals surface area contributed by atoms with Gasteiger partial charge in [-0.1, -0.05) is 0 Å². The van der Waals surface area contributed by atoms with Crippen molar-refractivity contribution in [1.82, 2.24) is 9.80 Å². The number of allylic oxidation sites excluding steroid dienone is 2. The van der Waals surface area contributed by atoms with Crippen LogP contribution in [0.2, 0.25) is 0 Å². The van der Waals surface area contributed by atoms with E-state index in [0.717, 1.165) is 12.8 Å². The van der Waals surface area contributed by atoms with Crippen LogP contribution in [-0.4, -0.2) is 74.9 Å². The molecular weight excluding hydrogens is 346 g/mol. The van der Waals surface area contributed by atoms with Crippen LogP contribution in [0.3, 0.4) is 0 Å². The first-order valence-corrected chi connectivity index (χ1v) is 10.1. The highest BCUT2D eigenvalue weighted by molar-refractivity contribution is 7.90. The third-order valence-electron chi connectivity index (χ3n) is 4.95. The van der Waals surface area contributed by atoms with Crippen molar-refractivity contribution >= 4 is 21.8 Å². The summed E-state index contributed by atoms with van der Waals surface area (Å²) < 4.78 is 38.6. The number of sulfonamides is 1. The van der Waals surface area contributed by atoms with Gasteiger partial charge >= 0.3 is 0 Å². The number of likely N-dealkylation sites (tertiary alicyclic amines) is 1. The summed E-state index contributed by atoms with van der Waals surface area (Å²) in [6.07, 6.45) is 6.63. The van der Waals surface area contributed by atoms with Gasteiger partial charge in [0.05, 0.1) is 24.5 Å². The quantitative estimate of drug-likeness (QED) is 0.688. The van der Waals surface area contributed by atoms with E-state index in [9.17, 15) is 13.2 Å². The monoisotopic (exact) mass is 367 g/mol. The summed E-state index contributed by atoms with van der Waals surface area (Å²) in [4.78, 5) is 16.4. The predicted octanol–water partition coefficient (Wildman–Crippen LogP) is 0.0955. The third kappa shape index (κ3) is 3.36. The van der Waals surface area contributed by atoms with Gasteiger partial charge in [0.15, 0.2) is 12.1 Å². The van der Waals surface area contributed by atoms with Crippen LogP contribution in [-0.2, 0) is 24.3 Å². The lowest BCUT2D eigenvalue weighted by atomic mass is 9.95. The van der Waals surface area contributed by atoms with Crippen molar-refractivity contribution in [2.24, 2.45) is 10.3 Å². The van der Waals surface area contributed by atoms with E-state index in [1.165, 1.54) is 0 Å². The molecular formula is C16H21N3O5S. The molecule has 0 unspecified atom stereocenters. The van der Waals surface area contributed by atoms with Gasteiger partial charge in [-0.2, -0.15) is 0 Å². The molecule has 0 atom stereocenters. The van der Waals surface area contributed by atoms with Crippen molar-refractivity contribution in [3.63, 3.8) is 0 Å². The van der Waals surface area contributed by atoms with Crippen LogP contribution in [0, 0.1) is 5.92 Å². The van der Waals surface area contributed by atoms with Gasteiger partial charge < -0.3 is 19.3 Å². The van der Waals surface area contributed by atoms with Gasteiger partial charge in [0.25, 0.3) is 15.9 Å². The molecule has 4 aliphatic rings. The first-order chi connectivity index (χ1) is 12.0. The normalized spacial score (nSPS) is 27.0. The maximum Gasteiger partial charge on any atom is 0.257 e. The number of amides is 1. The molecule has 8 nitrogen and oxygen atoms in total. The molecule has 0 spiro atoms. The van der Waals surface area contributed by atoms with E-state index in [1.807, 2.05) is 0 Å². The molecule has 2 fully saturated rings. The molecule has 0 saturated carbocycles. The number of piperidine rings is 1. The van der Waals surface area contributed by atoms with Crippen LogP contribution in [0.1, 0.15) is 12.8 Å². The molecule has 0 aromatic heterocycles.